The highest BCUT2D eigenvalue weighted by Gasteiger charge is 2.18. The molecule has 0 bridgehead atoms. The van der Waals surface area contributed by atoms with E-state index in [1.807, 2.05) is 18.2 Å². The van der Waals surface area contributed by atoms with E-state index in [4.69, 9.17) is 0 Å². The molecule has 0 aliphatic carbocycles. The molecule has 4 rings (SSSR count). The second kappa shape index (κ2) is 10.1. The van der Waals surface area contributed by atoms with Gasteiger partial charge in [0.1, 0.15) is 0 Å². The van der Waals surface area contributed by atoms with Crippen molar-refractivity contribution < 1.29 is 9.59 Å². The number of Topliss-reactive ketones (excluding diaryl/α,β-unsaturated/α-hetero) is 1. The quantitative estimate of drug-likeness (QED) is 0.507. The van der Waals surface area contributed by atoms with Gasteiger partial charge in [0.2, 0.25) is 5.91 Å². The Labute approximate surface area is 182 Å². The Kier molecular flexibility index (Phi) is 7.07. The highest BCUT2D eigenvalue weighted by Crippen LogP contribution is 2.32. The van der Waals surface area contributed by atoms with Gasteiger partial charge in [0.05, 0.1) is 11.4 Å². The molecule has 2 aromatic carbocycles. The van der Waals surface area contributed by atoms with E-state index in [1.54, 1.807) is 0 Å². The van der Waals surface area contributed by atoms with Gasteiger partial charge in [-0.1, -0.05) is 30.7 Å². The van der Waals surface area contributed by atoms with Crippen molar-refractivity contribution in [2.45, 2.75) is 30.6 Å². The SMILES string of the molecule is O=C1CSc2ccc(C(=O)CCCCCN3CCN(c4ccccc4)CC3)cc2N1. The summed E-state index contributed by atoms with van der Waals surface area (Å²) in [5.74, 6) is 0.613. The molecular formula is C24H29N3O2S. The number of para-hydroxylation sites is 1. The smallest absolute Gasteiger partial charge is 0.234 e. The molecule has 0 spiro atoms. The van der Waals surface area contributed by atoms with Crippen LogP contribution < -0.4 is 10.2 Å². The third kappa shape index (κ3) is 5.43. The number of benzene rings is 2. The van der Waals surface area contributed by atoms with Crippen molar-refractivity contribution in [3.8, 4) is 0 Å². The van der Waals surface area contributed by atoms with Crippen LogP contribution in [0, 0.1) is 0 Å². The second-order valence-corrected chi connectivity index (χ2v) is 8.96. The fourth-order valence-electron chi connectivity index (χ4n) is 4.07. The van der Waals surface area contributed by atoms with Gasteiger partial charge in [0.25, 0.3) is 0 Å². The molecule has 0 aromatic heterocycles. The lowest BCUT2D eigenvalue weighted by Gasteiger charge is -2.36. The molecule has 1 fully saturated rings. The minimum absolute atomic E-state index is 0.00157. The van der Waals surface area contributed by atoms with Crippen LogP contribution in [-0.4, -0.2) is 55.1 Å². The number of unbranched alkanes of at least 4 members (excludes halogenated alkanes) is 2. The zero-order valence-electron chi connectivity index (χ0n) is 17.3. The maximum Gasteiger partial charge on any atom is 0.234 e. The lowest BCUT2D eigenvalue weighted by Crippen LogP contribution is -2.46. The van der Waals surface area contributed by atoms with Crippen molar-refractivity contribution in [3.05, 3.63) is 54.1 Å². The summed E-state index contributed by atoms with van der Waals surface area (Å²) in [6.07, 6.45) is 3.69. The molecule has 1 saturated heterocycles. The monoisotopic (exact) mass is 423 g/mol. The van der Waals surface area contributed by atoms with Crippen LogP contribution in [-0.2, 0) is 4.79 Å². The average molecular weight is 424 g/mol. The number of rotatable bonds is 8. The van der Waals surface area contributed by atoms with Crippen molar-refractivity contribution in [3.63, 3.8) is 0 Å². The summed E-state index contributed by atoms with van der Waals surface area (Å²) in [5, 5.41) is 2.86. The molecule has 2 aliphatic heterocycles. The van der Waals surface area contributed by atoms with Crippen molar-refractivity contribution in [1.82, 2.24) is 4.90 Å². The van der Waals surface area contributed by atoms with Crippen molar-refractivity contribution >= 4 is 34.8 Å². The third-order valence-electron chi connectivity index (χ3n) is 5.81. The first-order valence-electron chi connectivity index (χ1n) is 10.8. The Hall–Kier alpha value is -2.31. The van der Waals surface area contributed by atoms with E-state index in [9.17, 15) is 9.59 Å². The number of ketones is 1. The maximum absolute atomic E-state index is 12.5. The van der Waals surface area contributed by atoms with Gasteiger partial charge in [-0.15, -0.1) is 11.8 Å². The first kappa shape index (κ1) is 20.9. The number of nitrogens with zero attached hydrogens (tertiary/aromatic N) is 2. The Morgan fingerprint density at radius 3 is 2.57 bits per heavy atom. The molecule has 0 saturated carbocycles. The number of amides is 1. The standard InChI is InChI=1S/C24H29N3O2S/c28-22(19-10-11-23-21(17-19)25-24(29)18-30-23)9-5-2-6-12-26-13-15-27(16-14-26)20-7-3-1-4-8-20/h1,3-4,7-8,10-11,17H,2,5-6,9,12-16,18H2,(H,25,29). The molecule has 6 heteroatoms. The Morgan fingerprint density at radius 2 is 1.77 bits per heavy atom. The number of carbonyl (C=O) groups excluding carboxylic acids is 2. The minimum atomic E-state index is 0.00157. The van der Waals surface area contributed by atoms with Crippen LogP contribution in [0.4, 0.5) is 11.4 Å². The van der Waals surface area contributed by atoms with Crippen LogP contribution in [0.2, 0.25) is 0 Å². The molecule has 0 radical (unpaired) electrons. The summed E-state index contributed by atoms with van der Waals surface area (Å²) >= 11 is 1.52. The molecule has 2 aromatic rings. The number of fused-ring (bicyclic) bond motifs is 1. The summed E-state index contributed by atoms with van der Waals surface area (Å²) in [4.78, 5) is 30.1. The minimum Gasteiger partial charge on any atom is -0.369 e. The van der Waals surface area contributed by atoms with Crippen LogP contribution >= 0.6 is 11.8 Å². The molecule has 1 amide bonds. The molecule has 1 N–H and O–H groups in total. The van der Waals surface area contributed by atoms with Crippen molar-refractivity contribution in [1.29, 1.82) is 0 Å². The molecule has 158 valence electrons. The zero-order chi connectivity index (χ0) is 20.8. The van der Waals surface area contributed by atoms with Gasteiger partial charge in [-0.25, -0.2) is 0 Å². The molecular weight excluding hydrogens is 394 g/mol. The van der Waals surface area contributed by atoms with Crippen LogP contribution in [0.15, 0.2) is 53.4 Å². The molecule has 5 nitrogen and oxygen atoms in total. The largest absolute Gasteiger partial charge is 0.369 e. The van der Waals surface area contributed by atoms with Gasteiger partial charge in [-0.05, 0) is 43.7 Å². The molecule has 0 atom stereocenters. The summed E-state index contributed by atoms with van der Waals surface area (Å²) in [7, 11) is 0. The van der Waals surface area contributed by atoms with E-state index < -0.39 is 0 Å². The maximum atomic E-state index is 12.5. The van der Waals surface area contributed by atoms with Gasteiger partial charge in [0.15, 0.2) is 5.78 Å². The van der Waals surface area contributed by atoms with E-state index in [-0.39, 0.29) is 11.7 Å². The number of carbonyl (C=O) groups is 2. The average Bonchev–Trinajstić information content (AvgIpc) is 2.79. The summed E-state index contributed by atoms with van der Waals surface area (Å²) in [5.41, 5.74) is 2.79. The van der Waals surface area contributed by atoms with E-state index in [2.05, 4.69) is 45.4 Å². The first-order valence-corrected chi connectivity index (χ1v) is 11.8. The lowest BCUT2D eigenvalue weighted by molar-refractivity contribution is -0.113. The number of nitrogens with one attached hydrogen (secondary N) is 1. The predicted molar refractivity (Wildman–Crippen MR) is 124 cm³/mol. The number of hydrogen-bond donors (Lipinski definition) is 1. The van der Waals surface area contributed by atoms with E-state index in [1.165, 1.54) is 17.4 Å². The fraction of sp³-hybridized carbons (Fsp3) is 0.417. The number of hydrogen-bond acceptors (Lipinski definition) is 5. The van der Waals surface area contributed by atoms with E-state index >= 15 is 0 Å². The zero-order valence-corrected chi connectivity index (χ0v) is 18.1. The third-order valence-corrected chi connectivity index (χ3v) is 6.88. The van der Waals surface area contributed by atoms with Gasteiger partial charge in [-0.2, -0.15) is 0 Å². The van der Waals surface area contributed by atoms with Crippen LogP contribution in [0.5, 0.6) is 0 Å². The summed E-state index contributed by atoms with van der Waals surface area (Å²) in [6, 6.07) is 16.3. The fourth-order valence-corrected chi connectivity index (χ4v) is 4.86. The summed E-state index contributed by atoms with van der Waals surface area (Å²) in [6.45, 7) is 5.48. The Balaban J connectivity index is 1.14. The van der Waals surface area contributed by atoms with Gasteiger partial charge >= 0.3 is 0 Å². The van der Waals surface area contributed by atoms with Gasteiger partial charge in [-0.3, -0.25) is 14.5 Å². The highest BCUT2D eigenvalue weighted by molar-refractivity contribution is 8.00. The second-order valence-electron chi connectivity index (χ2n) is 7.95. The number of thioether (sulfide) groups is 1. The molecule has 2 aliphatic rings. The van der Waals surface area contributed by atoms with Gasteiger partial charge in [0, 0.05) is 48.7 Å². The van der Waals surface area contributed by atoms with Crippen LogP contribution in [0.3, 0.4) is 0 Å². The number of anilines is 2. The molecule has 30 heavy (non-hydrogen) atoms. The predicted octanol–water partition coefficient (Wildman–Crippen LogP) is 4.30. The number of piperazine rings is 1. The summed E-state index contributed by atoms with van der Waals surface area (Å²) < 4.78 is 0. The van der Waals surface area contributed by atoms with Crippen molar-refractivity contribution in [2.24, 2.45) is 0 Å². The van der Waals surface area contributed by atoms with Crippen LogP contribution in [0.25, 0.3) is 0 Å². The molecule has 0 unspecified atom stereocenters. The Bertz CT molecular complexity index is 879. The first-order chi connectivity index (χ1) is 14.7. The van der Waals surface area contributed by atoms with E-state index in [0.717, 1.165) is 62.6 Å². The topological polar surface area (TPSA) is 52.7 Å². The van der Waals surface area contributed by atoms with Crippen molar-refractivity contribution in [2.75, 3.05) is 48.7 Å². The lowest BCUT2D eigenvalue weighted by atomic mass is 10.0. The highest BCUT2D eigenvalue weighted by atomic mass is 32.2. The van der Waals surface area contributed by atoms with Crippen LogP contribution in [0.1, 0.15) is 36.0 Å². The van der Waals surface area contributed by atoms with Gasteiger partial charge < -0.3 is 10.2 Å². The Morgan fingerprint density at radius 1 is 0.967 bits per heavy atom. The molecule has 2 heterocycles. The normalized spacial score (nSPS) is 16.8. The van der Waals surface area contributed by atoms with E-state index in [0.29, 0.717) is 17.7 Å².